The fourth-order valence-corrected chi connectivity index (χ4v) is 6.73. The van der Waals surface area contributed by atoms with E-state index in [-0.39, 0.29) is 11.8 Å². The lowest BCUT2D eigenvalue weighted by Gasteiger charge is -2.07. The Morgan fingerprint density at radius 2 is 0.468 bits per heavy atom. The van der Waals surface area contributed by atoms with Crippen molar-refractivity contribution >= 4 is 11.8 Å². The van der Waals surface area contributed by atoms with Crippen molar-refractivity contribution in [2.45, 2.75) is 251 Å². The standard InChI is InChI=1S/C43H86N2O2/c1-3-5-7-9-11-13-15-17-19-21-23-25-27-29-31-36-40-44-42(46)38-34-33-35-39-43(47)45-41-37-32-30-28-26-24-22-20-18-16-14-12-10-8-6-4-2/h3-41H2,1-2H3,(H,44,46)(H,45,47). The minimum absolute atomic E-state index is 0.180. The highest BCUT2D eigenvalue weighted by Gasteiger charge is 2.04. The summed E-state index contributed by atoms with van der Waals surface area (Å²) >= 11 is 0. The van der Waals surface area contributed by atoms with Crippen molar-refractivity contribution in [1.29, 1.82) is 0 Å². The molecule has 0 unspecified atom stereocenters. The van der Waals surface area contributed by atoms with Crippen LogP contribution in [0.5, 0.6) is 0 Å². The number of unbranched alkanes of at least 4 members (excludes halogenated alkanes) is 32. The van der Waals surface area contributed by atoms with Gasteiger partial charge in [-0.05, 0) is 25.7 Å². The van der Waals surface area contributed by atoms with Gasteiger partial charge in [-0.15, -0.1) is 0 Å². The highest BCUT2D eigenvalue weighted by atomic mass is 16.2. The van der Waals surface area contributed by atoms with Crippen LogP contribution in [0.3, 0.4) is 0 Å². The molecule has 0 bridgehead atoms. The van der Waals surface area contributed by atoms with E-state index in [0.717, 1.165) is 45.2 Å². The molecule has 0 aromatic heterocycles. The number of amides is 2. The van der Waals surface area contributed by atoms with E-state index in [1.807, 2.05) is 0 Å². The molecule has 0 rings (SSSR count). The SMILES string of the molecule is CCCCCCCCCCCCCCCCCCNC(=O)CCCCCC(=O)NCCCCCCCCCCCCCCCCCC. The average molecular weight is 663 g/mol. The Kier molecular flexibility index (Phi) is 40.2. The van der Waals surface area contributed by atoms with Crippen LogP contribution in [0, 0.1) is 0 Å². The largest absolute Gasteiger partial charge is 0.356 e. The van der Waals surface area contributed by atoms with Crippen LogP contribution < -0.4 is 10.6 Å². The normalized spacial score (nSPS) is 11.3. The topological polar surface area (TPSA) is 58.2 Å². The molecule has 280 valence electrons. The number of hydrogen-bond donors (Lipinski definition) is 2. The quantitative estimate of drug-likeness (QED) is 0.0641. The van der Waals surface area contributed by atoms with Crippen molar-refractivity contribution in [2.24, 2.45) is 0 Å². The van der Waals surface area contributed by atoms with E-state index in [4.69, 9.17) is 0 Å². The first-order valence-electron chi connectivity index (χ1n) is 21.7. The van der Waals surface area contributed by atoms with Gasteiger partial charge in [-0.1, -0.05) is 213 Å². The molecule has 0 fully saturated rings. The van der Waals surface area contributed by atoms with Crippen LogP contribution in [0.4, 0.5) is 0 Å². The number of hydrogen-bond acceptors (Lipinski definition) is 2. The van der Waals surface area contributed by atoms with Crippen LogP contribution in [-0.4, -0.2) is 24.9 Å². The molecule has 4 nitrogen and oxygen atoms in total. The predicted molar refractivity (Wildman–Crippen MR) is 208 cm³/mol. The van der Waals surface area contributed by atoms with Crippen molar-refractivity contribution in [3.05, 3.63) is 0 Å². The first-order chi connectivity index (χ1) is 23.2. The maximum Gasteiger partial charge on any atom is 0.219 e. The van der Waals surface area contributed by atoms with Crippen molar-refractivity contribution < 1.29 is 9.59 Å². The van der Waals surface area contributed by atoms with E-state index < -0.39 is 0 Å². The zero-order valence-electron chi connectivity index (χ0n) is 32.4. The summed E-state index contributed by atoms with van der Waals surface area (Å²) in [5, 5.41) is 6.18. The monoisotopic (exact) mass is 663 g/mol. The smallest absolute Gasteiger partial charge is 0.219 e. The average Bonchev–Trinajstić information content (AvgIpc) is 3.07. The molecule has 0 radical (unpaired) electrons. The molecule has 0 atom stereocenters. The zero-order valence-corrected chi connectivity index (χ0v) is 32.4. The second-order valence-corrected chi connectivity index (χ2v) is 14.9. The van der Waals surface area contributed by atoms with E-state index in [9.17, 15) is 9.59 Å². The van der Waals surface area contributed by atoms with Crippen molar-refractivity contribution in [2.75, 3.05) is 13.1 Å². The van der Waals surface area contributed by atoms with Gasteiger partial charge >= 0.3 is 0 Å². The molecule has 0 aliphatic rings. The van der Waals surface area contributed by atoms with E-state index in [0.29, 0.717) is 12.8 Å². The van der Waals surface area contributed by atoms with E-state index in [2.05, 4.69) is 24.5 Å². The molecule has 0 spiro atoms. The van der Waals surface area contributed by atoms with Crippen LogP contribution >= 0.6 is 0 Å². The summed E-state index contributed by atoms with van der Waals surface area (Å²) in [5.74, 6) is 0.359. The maximum atomic E-state index is 12.1. The molecule has 0 aliphatic heterocycles. The molecule has 2 amide bonds. The van der Waals surface area contributed by atoms with E-state index in [1.165, 1.54) is 193 Å². The predicted octanol–water partition coefficient (Wildman–Crippen LogP) is 13.7. The minimum atomic E-state index is 0.180. The molecular formula is C43H86N2O2. The van der Waals surface area contributed by atoms with Crippen LogP contribution in [0.1, 0.15) is 251 Å². The second-order valence-electron chi connectivity index (χ2n) is 14.9. The number of nitrogens with one attached hydrogen (secondary N) is 2. The Balaban J connectivity index is 3.24. The van der Waals surface area contributed by atoms with Crippen LogP contribution in [0.2, 0.25) is 0 Å². The summed E-state index contributed by atoms with van der Waals surface area (Å²) in [7, 11) is 0. The Labute approximate surface area is 295 Å². The second kappa shape index (κ2) is 41.1. The van der Waals surface area contributed by atoms with Gasteiger partial charge in [0.1, 0.15) is 0 Å². The van der Waals surface area contributed by atoms with Gasteiger partial charge in [-0.2, -0.15) is 0 Å². The summed E-state index contributed by atoms with van der Waals surface area (Å²) in [5.41, 5.74) is 0. The summed E-state index contributed by atoms with van der Waals surface area (Å²) in [4.78, 5) is 24.2. The van der Waals surface area contributed by atoms with Gasteiger partial charge in [0.15, 0.2) is 0 Å². The molecule has 0 saturated heterocycles. The van der Waals surface area contributed by atoms with Gasteiger partial charge < -0.3 is 10.6 Å². The molecule has 0 aromatic rings. The van der Waals surface area contributed by atoms with Gasteiger partial charge in [-0.25, -0.2) is 0 Å². The lowest BCUT2D eigenvalue weighted by atomic mass is 10.0. The number of carbonyl (C=O) groups is 2. The third-order valence-corrected chi connectivity index (χ3v) is 10.0. The van der Waals surface area contributed by atoms with E-state index in [1.54, 1.807) is 0 Å². The van der Waals surface area contributed by atoms with Gasteiger partial charge in [0.2, 0.25) is 11.8 Å². The van der Waals surface area contributed by atoms with Gasteiger partial charge in [0.05, 0.1) is 0 Å². The maximum absolute atomic E-state index is 12.1. The zero-order chi connectivity index (χ0) is 34.1. The lowest BCUT2D eigenvalue weighted by molar-refractivity contribution is -0.121. The molecule has 0 heterocycles. The summed E-state index contributed by atoms with van der Waals surface area (Å²) in [6, 6.07) is 0. The Morgan fingerprint density at radius 1 is 0.277 bits per heavy atom. The Morgan fingerprint density at radius 3 is 0.702 bits per heavy atom. The van der Waals surface area contributed by atoms with Gasteiger partial charge in [-0.3, -0.25) is 9.59 Å². The molecule has 0 aliphatic carbocycles. The molecular weight excluding hydrogens is 576 g/mol. The first-order valence-corrected chi connectivity index (χ1v) is 21.7. The number of carbonyl (C=O) groups excluding carboxylic acids is 2. The lowest BCUT2D eigenvalue weighted by Crippen LogP contribution is -2.24. The fourth-order valence-electron chi connectivity index (χ4n) is 6.73. The number of rotatable bonds is 40. The highest BCUT2D eigenvalue weighted by Crippen LogP contribution is 2.15. The fraction of sp³-hybridized carbons (Fsp3) is 0.953. The van der Waals surface area contributed by atoms with Gasteiger partial charge in [0.25, 0.3) is 0 Å². The third-order valence-electron chi connectivity index (χ3n) is 10.0. The van der Waals surface area contributed by atoms with Crippen molar-refractivity contribution in [1.82, 2.24) is 10.6 Å². The van der Waals surface area contributed by atoms with Crippen LogP contribution in [0.15, 0.2) is 0 Å². The molecule has 0 aromatic carbocycles. The minimum Gasteiger partial charge on any atom is -0.356 e. The van der Waals surface area contributed by atoms with Crippen molar-refractivity contribution in [3.63, 3.8) is 0 Å². The van der Waals surface area contributed by atoms with Crippen molar-refractivity contribution in [3.8, 4) is 0 Å². The Bertz CT molecular complexity index is 571. The summed E-state index contributed by atoms with van der Waals surface area (Å²) in [6.45, 7) is 6.21. The molecule has 4 heteroatoms. The first kappa shape index (κ1) is 45.9. The highest BCUT2D eigenvalue weighted by molar-refractivity contribution is 5.76. The molecule has 0 saturated carbocycles. The summed E-state index contributed by atoms with van der Waals surface area (Å²) in [6.07, 6.45) is 47.9. The third kappa shape index (κ3) is 41.0. The molecule has 2 N–H and O–H groups in total. The summed E-state index contributed by atoms with van der Waals surface area (Å²) < 4.78 is 0. The molecule has 47 heavy (non-hydrogen) atoms. The van der Waals surface area contributed by atoms with Gasteiger partial charge in [0, 0.05) is 25.9 Å². The van der Waals surface area contributed by atoms with Crippen LogP contribution in [0.25, 0.3) is 0 Å². The Hall–Kier alpha value is -1.06. The van der Waals surface area contributed by atoms with Crippen LogP contribution in [-0.2, 0) is 9.59 Å². The van der Waals surface area contributed by atoms with E-state index >= 15 is 0 Å².